The highest BCUT2D eigenvalue weighted by atomic mass is 79.9. The Morgan fingerprint density at radius 3 is 2.47 bits per heavy atom. The van der Waals surface area contributed by atoms with Crippen LogP contribution >= 0.6 is 15.9 Å². The van der Waals surface area contributed by atoms with Gasteiger partial charge in [-0.25, -0.2) is 9.69 Å². The van der Waals surface area contributed by atoms with Crippen LogP contribution in [0.2, 0.25) is 0 Å². The number of urea groups is 1. The average Bonchev–Trinajstić information content (AvgIpc) is 2.74. The van der Waals surface area contributed by atoms with Gasteiger partial charge in [0.1, 0.15) is 6.54 Å². The summed E-state index contributed by atoms with van der Waals surface area (Å²) in [5, 5.41) is 2.86. The molecule has 2 aromatic rings. The number of anilines is 2. The number of nitrogens with zero attached hydrogens (tertiary/aromatic N) is 2. The van der Waals surface area contributed by atoms with Crippen molar-refractivity contribution in [1.29, 1.82) is 0 Å². The fourth-order valence-corrected chi connectivity index (χ4v) is 4.93. The van der Waals surface area contributed by atoms with Gasteiger partial charge in [-0.2, -0.15) is 0 Å². The second-order valence-corrected chi connectivity index (χ2v) is 9.21. The molecule has 4 rings (SSSR count). The first-order chi connectivity index (χ1) is 14.4. The molecule has 0 spiro atoms. The molecule has 1 saturated carbocycles. The van der Waals surface area contributed by atoms with Crippen molar-refractivity contribution >= 4 is 45.2 Å². The van der Waals surface area contributed by atoms with Crippen molar-refractivity contribution < 1.29 is 14.4 Å². The molecule has 1 heterocycles. The van der Waals surface area contributed by atoms with Crippen molar-refractivity contribution in [3.63, 3.8) is 0 Å². The van der Waals surface area contributed by atoms with Crippen molar-refractivity contribution in [2.24, 2.45) is 5.92 Å². The van der Waals surface area contributed by atoms with Crippen LogP contribution in [0.1, 0.15) is 24.8 Å². The summed E-state index contributed by atoms with van der Waals surface area (Å²) in [6, 6.07) is 15.7. The third-order valence-corrected chi connectivity index (χ3v) is 6.62. The normalized spacial score (nSPS) is 23.9. The van der Waals surface area contributed by atoms with Gasteiger partial charge in [-0.3, -0.25) is 9.59 Å². The summed E-state index contributed by atoms with van der Waals surface area (Å²) in [6.45, 7) is 1.89. The number of halogens is 1. The smallest absolute Gasteiger partial charge is 0.325 e. The van der Waals surface area contributed by atoms with E-state index >= 15 is 0 Å². The van der Waals surface area contributed by atoms with Crippen molar-refractivity contribution in [2.45, 2.75) is 37.1 Å². The number of aryl methyl sites for hydroxylation is 1. The number of para-hydroxylation sites is 1. The third-order valence-electron chi connectivity index (χ3n) is 5.79. The van der Waals surface area contributed by atoms with Crippen molar-refractivity contribution in [1.82, 2.24) is 4.90 Å². The third kappa shape index (κ3) is 4.12. The van der Waals surface area contributed by atoms with Gasteiger partial charge in [-0.15, -0.1) is 0 Å². The summed E-state index contributed by atoms with van der Waals surface area (Å²) in [4.78, 5) is 42.4. The van der Waals surface area contributed by atoms with Crippen LogP contribution in [0.15, 0.2) is 54.6 Å². The summed E-state index contributed by atoms with van der Waals surface area (Å²) in [6.07, 6.45) is 2.21. The van der Waals surface area contributed by atoms with Crippen LogP contribution in [0.25, 0.3) is 0 Å². The fourth-order valence-electron chi connectivity index (χ4n) is 4.26. The molecule has 3 atom stereocenters. The minimum atomic E-state index is -0.431. The molecule has 4 amide bonds. The lowest BCUT2D eigenvalue weighted by Crippen LogP contribution is -2.64. The van der Waals surface area contributed by atoms with Gasteiger partial charge in [-0.05, 0) is 50.5 Å². The zero-order valence-electron chi connectivity index (χ0n) is 16.8. The predicted octanol–water partition coefficient (Wildman–Crippen LogP) is 4.33. The number of amides is 4. The van der Waals surface area contributed by atoms with E-state index in [-0.39, 0.29) is 35.1 Å². The van der Waals surface area contributed by atoms with Crippen molar-refractivity contribution in [2.75, 3.05) is 16.8 Å². The summed E-state index contributed by atoms with van der Waals surface area (Å²) >= 11 is 3.64. The molecule has 6 nitrogen and oxygen atoms in total. The van der Waals surface area contributed by atoms with Gasteiger partial charge < -0.3 is 10.2 Å². The van der Waals surface area contributed by atoms with Gasteiger partial charge in [0.05, 0.1) is 11.6 Å². The molecule has 0 radical (unpaired) electrons. The molecule has 2 fully saturated rings. The topological polar surface area (TPSA) is 69.7 Å². The molecule has 2 aliphatic rings. The van der Waals surface area contributed by atoms with Crippen LogP contribution in [0, 0.1) is 12.8 Å². The van der Waals surface area contributed by atoms with E-state index in [4.69, 9.17) is 0 Å². The van der Waals surface area contributed by atoms with E-state index in [2.05, 4.69) is 21.2 Å². The maximum atomic E-state index is 13.3. The van der Waals surface area contributed by atoms with Gasteiger partial charge in [0, 0.05) is 16.6 Å². The average molecular weight is 470 g/mol. The molecule has 30 heavy (non-hydrogen) atoms. The summed E-state index contributed by atoms with van der Waals surface area (Å²) in [7, 11) is 0. The molecule has 1 saturated heterocycles. The Hall–Kier alpha value is -2.67. The lowest BCUT2D eigenvalue weighted by Gasteiger charge is -2.47. The van der Waals surface area contributed by atoms with E-state index in [1.165, 1.54) is 4.90 Å². The number of hydrogen-bond donors (Lipinski definition) is 1. The lowest BCUT2D eigenvalue weighted by molar-refractivity contribution is -0.128. The number of hydrogen-bond acceptors (Lipinski definition) is 3. The van der Waals surface area contributed by atoms with Gasteiger partial charge in [0.15, 0.2) is 0 Å². The van der Waals surface area contributed by atoms with Crippen LogP contribution in [0.4, 0.5) is 16.2 Å². The number of fused-ring (bicyclic) bond motifs is 1. The molecule has 0 aromatic heterocycles. The maximum absolute atomic E-state index is 13.3. The minimum absolute atomic E-state index is 0.0859. The van der Waals surface area contributed by atoms with E-state index in [0.29, 0.717) is 24.2 Å². The van der Waals surface area contributed by atoms with Crippen molar-refractivity contribution in [3.8, 4) is 0 Å². The van der Waals surface area contributed by atoms with Crippen LogP contribution < -0.4 is 10.2 Å². The number of nitrogens with one attached hydrogen (secondary N) is 1. The standard InChI is InChI=1S/C23H24BrN3O3/c1-15-7-10-17(11-8-15)25-21(28)14-26-20-12-9-16(24)13-19(20)22(29)27(23(26)30)18-5-3-2-4-6-18/h2-8,10-11,16,19-20H,9,12-14H2,1H3,(H,25,28). The molecule has 1 aliphatic carbocycles. The van der Waals surface area contributed by atoms with Gasteiger partial charge >= 0.3 is 6.03 Å². The molecule has 1 N–H and O–H groups in total. The first-order valence-electron chi connectivity index (χ1n) is 10.1. The first-order valence-corrected chi connectivity index (χ1v) is 11.1. The number of carbonyl (C=O) groups is 3. The largest absolute Gasteiger partial charge is 0.332 e. The minimum Gasteiger partial charge on any atom is -0.325 e. The maximum Gasteiger partial charge on any atom is 0.332 e. The number of benzene rings is 2. The zero-order valence-corrected chi connectivity index (χ0v) is 18.3. The Bertz CT molecular complexity index is 948. The first kappa shape index (κ1) is 20.6. The molecule has 7 heteroatoms. The second-order valence-electron chi connectivity index (χ2n) is 7.92. The quantitative estimate of drug-likeness (QED) is 0.677. The van der Waals surface area contributed by atoms with E-state index in [1.54, 1.807) is 29.2 Å². The summed E-state index contributed by atoms with van der Waals surface area (Å²) in [5.41, 5.74) is 2.32. The molecule has 1 aliphatic heterocycles. The Morgan fingerprint density at radius 2 is 1.77 bits per heavy atom. The van der Waals surface area contributed by atoms with E-state index in [9.17, 15) is 14.4 Å². The van der Waals surface area contributed by atoms with Gasteiger partial charge in [0.25, 0.3) is 0 Å². The molecular weight excluding hydrogens is 446 g/mol. The van der Waals surface area contributed by atoms with E-state index in [1.807, 2.05) is 37.3 Å². The molecule has 3 unspecified atom stereocenters. The summed E-state index contributed by atoms with van der Waals surface area (Å²) in [5.74, 6) is -0.780. The SMILES string of the molecule is Cc1ccc(NC(=O)CN2C(=O)N(c3ccccc3)C(=O)C3CC(Br)CCC32)cc1. The lowest BCUT2D eigenvalue weighted by atomic mass is 9.81. The Morgan fingerprint density at radius 1 is 1.07 bits per heavy atom. The highest BCUT2D eigenvalue weighted by Gasteiger charge is 2.49. The van der Waals surface area contributed by atoms with E-state index in [0.717, 1.165) is 12.0 Å². The second kappa shape index (κ2) is 8.60. The van der Waals surface area contributed by atoms with Crippen LogP contribution in [-0.2, 0) is 9.59 Å². The summed E-state index contributed by atoms with van der Waals surface area (Å²) < 4.78 is 0. The Kier molecular flexibility index (Phi) is 5.90. The van der Waals surface area contributed by atoms with Gasteiger partial charge in [-0.1, -0.05) is 51.8 Å². The molecule has 156 valence electrons. The molecule has 0 bridgehead atoms. The number of imide groups is 1. The number of rotatable bonds is 4. The Balaban J connectivity index is 1.59. The zero-order chi connectivity index (χ0) is 21.3. The Labute approximate surface area is 184 Å². The van der Waals surface area contributed by atoms with Crippen LogP contribution in [0.3, 0.4) is 0 Å². The number of carbonyl (C=O) groups excluding carboxylic acids is 3. The van der Waals surface area contributed by atoms with Gasteiger partial charge in [0.2, 0.25) is 11.8 Å². The van der Waals surface area contributed by atoms with E-state index < -0.39 is 6.03 Å². The molecular formula is C23H24BrN3O3. The fraction of sp³-hybridized carbons (Fsp3) is 0.348. The van der Waals surface area contributed by atoms with Crippen LogP contribution in [-0.4, -0.2) is 40.2 Å². The monoisotopic (exact) mass is 469 g/mol. The predicted molar refractivity (Wildman–Crippen MR) is 120 cm³/mol. The van der Waals surface area contributed by atoms with Crippen molar-refractivity contribution in [3.05, 3.63) is 60.2 Å². The number of alkyl halides is 1. The highest BCUT2D eigenvalue weighted by molar-refractivity contribution is 9.09. The molecule has 2 aromatic carbocycles. The highest BCUT2D eigenvalue weighted by Crippen LogP contribution is 2.38. The van der Waals surface area contributed by atoms with Crippen LogP contribution in [0.5, 0.6) is 0 Å².